The Morgan fingerprint density at radius 3 is 2.92 bits per heavy atom. The molecule has 0 saturated heterocycles. The van der Waals surface area contributed by atoms with E-state index < -0.39 is 0 Å². The molecule has 0 aromatic carbocycles. The van der Waals surface area contributed by atoms with Crippen molar-refractivity contribution >= 4 is 29.6 Å². The summed E-state index contributed by atoms with van der Waals surface area (Å²) in [6.45, 7) is 5.33. The normalized spacial score (nSPS) is 9.50. The highest BCUT2D eigenvalue weighted by molar-refractivity contribution is 7.12. The summed E-state index contributed by atoms with van der Waals surface area (Å²) in [5.74, 6) is -0.101. The summed E-state index contributed by atoms with van der Waals surface area (Å²) in [7, 11) is 1.60. The van der Waals surface area contributed by atoms with Gasteiger partial charge in [-0.05, 0) is 24.6 Å². The van der Waals surface area contributed by atoms with Crippen LogP contribution in [0.15, 0.2) is 10.4 Å². The van der Waals surface area contributed by atoms with Gasteiger partial charge in [0.25, 0.3) is 5.91 Å². The van der Waals surface area contributed by atoms with E-state index in [-0.39, 0.29) is 5.91 Å². The molecule has 12 heavy (non-hydrogen) atoms. The highest BCUT2D eigenvalue weighted by atomic mass is 32.1. The average Bonchev–Trinajstić information content (AvgIpc) is 2.45. The fourth-order valence-corrected chi connectivity index (χ4v) is 1.86. The van der Waals surface area contributed by atoms with E-state index in [2.05, 4.69) is 17.0 Å². The molecule has 0 radical (unpaired) electrons. The molecule has 1 N–H and O–H groups in total. The van der Waals surface area contributed by atoms with Gasteiger partial charge in [0, 0.05) is 7.05 Å². The Morgan fingerprint density at radius 1 is 1.75 bits per heavy atom. The Hall–Kier alpha value is -1.16. The van der Waals surface area contributed by atoms with E-state index in [9.17, 15) is 4.79 Å². The van der Waals surface area contributed by atoms with Crippen LogP contribution in [0.25, 0.3) is 0 Å². The van der Waals surface area contributed by atoms with Crippen LogP contribution in [0.2, 0.25) is 0 Å². The van der Waals surface area contributed by atoms with Gasteiger partial charge in [0.2, 0.25) is 0 Å². The summed E-state index contributed by atoms with van der Waals surface area (Å²) in [5, 5.41) is 4.45. The van der Waals surface area contributed by atoms with Crippen LogP contribution in [-0.2, 0) is 0 Å². The zero-order valence-corrected chi connectivity index (χ0v) is 7.86. The molecule has 0 atom stereocenters. The van der Waals surface area contributed by atoms with Crippen LogP contribution in [0.5, 0.6) is 0 Å². The molecule has 0 fully saturated rings. The number of nitrogens with one attached hydrogen (secondary N) is 1. The standard InChI is InChI=1S/C8H10N2OS/c1-5-4-12-7(6(5)9-2)8(11)10-3/h4H,2H2,1,3H3,(H,10,11). The van der Waals surface area contributed by atoms with Crippen LogP contribution in [0, 0.1) is 6.92 Å². The van der Waals surface area contributed by atoms with Crippen LogP contribution in [-0.4, -0.2) is 19.7 Å². The third-order valence-electron chi connectivity index (χ3n) is 1.53. The summed E-state index contributed by atoms with van der Waals surface area (Å²) in [6.07, 6.45) is 0. The molecular weight excluding hydrogens is 172 g/mol. The van der Waals surface area contributed by atoms with Crippen molar-refractivity contribution in [1.82, 2.24) is 5.32 Å². The maximum atomic E-state index is 11.2. The molecule has 64 valence electrons. The lowest BCUT2D eigenvalue weighted by molar-refractivity contribution is 0.0967. The zero-order chi connectivity index (χ0) is 9.14. The number of amides is 1. The van der Waals surface area contributed by atoms with Crippen molar-refractivity contribution in [1.29, 1.82) is 0 Å². The topological polar surface area (TPSA) is 41.5 Å². The minimum Gasteiger partial charge on any atom is -0.354 e. The van der Waals surface area contributed by atoms with E-state index in [1.54, 1.807) is 7.05 Å². The Morgan fingerprint density at radius 2 is 2.42 bits per heavy atom. The number of carbonyl (C=O) groups excluding carboxylic acids is 1. The summed E-state index contributed by atoms with van der Waals surface area (Å²) in [6, 6.07) is 0. The van der Waals surface area contributed by atoms with Gasteiger partial charge in [0.15, 0.2) is 0 Å². The molecule has 1 aromatic heterocycles. The lowest BCUT2D eigenvalue weighted by Gasteiger charge is -1.96. The monoisotopic (exact) mass is 182 g/mol. The lowest BCUT2D eigenvalue weighted by Crippen LogP contribution is -2.16. The first-order valence-electron chi connectivity index (χ1n) is 3.47. The molecule has 0 aliphatic heterocycles. The van der Waals surface area contributed by atoms with Gasteiger partial charge in [-0.1, -0.05) is 0 Å². The van der Waals surface area contributed by atoms with Crippen LogP contribution in [0.4, 0.5) is 5.69 Å². The quantitative estimate of drug-likeness (QED) is 0.695. The van der Waals surface area contributed by atoms with E-state index in [0.29, 0.717) is 10.6 Å². The Labute approximate surface area is 75.1 Å². The minimum absolute atomic E-state index is 0.101. The Balaban J connectivity index is 3.15. The molecule has 0 saturated carbocycles. The number of aryl methyl sites for hydroxylation is 1. The predicted octanol–water partition coefficient (Wildman–Crippen LogP) is 1.75. The van der Waals surface area contributed by atoms with E-state index in [1.165, 1.54) is 11.3 Å². The van der Waals surface area contributed by atoms with Crippen molar-refractivity contribution in [2.75, 3.05) is 7.05 Å². The third-order valence-corrected chi connectivity index (χ3v) is 2.62. The average molecular weight is 182 g/mol. The van der Waals surface area contributed by atoms with Gasteiger partial charge in [-0.25, -0.2) is 0 Å². The first-order valence-corrected chi connectivity index (χ1v) is 4.35. The summed E-state index contributed by atoms with van der Waals surface area (Å²) < 4.78 is 0. The van der Waals surface area contributed by atoms with Crippen molar-refractivity contribution in [2.24, 2.45) is 4.99 Å². The SMILES string of the molecule is C=Nc1c(C)csc1C(=O)NC. The molecule has 0 aliphatic rings. The molecule has 0 aliphatic carbocycles. The predicted molar refractivity (Wildman–Crippen MR) is 51.7 cm³/mol. The van der Waals surface area contributed by atoms with Gasteiger partial charge in [0.05, 0.1) is 5.69 Å². The van der Waals surface area contributed by atoms with E-state index in [0.717, 1.165) is 5.56 Å². The molecule has 0 bridgehead atoms. The van der Waals surface area contributed by atoms with Crippen molar-refractivity contribution < 1.29 is 4.79 Å². The number of rotatable bonds is 2. The maximum Gasteiger partial charge on any atom is 0.263 e. The zero-order valence-electron chi connectivity index (χ0n) is 7.05. The van der Waals surface area contributed by atoms with E-state index in [4.69, 9.17) is 0 Å². The molecule has 3 nitrogen and oxygen atoms in total. The first-order chi connectivity index (χ1) is 5.70. The molecule has 1 aromatic rings. The molecule has 1 heterocycles. The van der Waals surface area contributed by atoms with Crippen molar-refractivity contribution in [3.63, 3.8) is 0 Å². The van der Waals surface area contributed by atoms with Gasteiger partial charge < -0.3 is 5.32 Å². The van der Waals surface area contributed by atoms with Crippen LogP contribution < -0.4 is 5.32 Å². The minimum atomic E-state index is -0.101. The fourth-order valence-electron chi connectivity index (χ4n) is 0.909. The molecule has 4 heteroatoms. The number of hydrogen-bond donors (Lipinski definition) is 1. The lowest BCUT2D eigenvalue weighted by atomic mass is 10.3. The molecule has 0 spiro atoms. The second-order valence-corrected chi connectivity index (χ2v) is 3.21. The highest BCUT2D eigenvalue weighted by Crippen LogP contribution is 2.29. The van der Waals surface area contributed by atoms with Gasteiger partial charge in [-0.3, -0.25) is 9.79 Å². The van der Waals surface area contributed by atoms with Crippen molar-refractivity contribution in [3.05, 3.63) is 15.8 Å². The number of aliphatic imine (C=N–C) groups is 1. The summed E-state index contributed by atoms with van der Waals surface area (Å²) in [4.78, 5) is 15.6. The van der Waals surface area contributed by atoms with Crippen LogP contribution in [0.3, 0.4) is 0 Å². The Kier molecular flexibility index (Phi) is 2.60. The van der Waals surface area contributed by atoms with Gasteiger partial charge in [0.1, 0.15) is 4.88 Å². The second kappa shape index (κ2) is 3.49. The maximum absolute atomic E-state index is 11.2. The number of carbonyl (C=O) groups is 1. The third kappa shape index (κ3) is 1.38. The largest absolute Gasteiger partial charge is 0.354 e. The van der Waals surface area contributed by atoms with E-state index in [1.807, 2.05) is 12.3 Å². The molecular formula is C8H10N2OS. The molecule has 1 rings (SSSR count). The summed E-state index contributed by atoms with van der Waals surface area (Å²) >= 11 is 1.39. The van der Waals surface area contributed by atoms with Crippen molar-refractivity contribution in [3.8, 4) is 0 Å². The van der Waals surface area contributed by atoms with Crippen LogP contribution in [0.1, 0.15) is 15.2 Å². The van der Waals surface area contributed by atoms with Gasteiger partial charge in [-0.2, -0.15) is 0 Å². The number of nitrogens with zero attached hydrogens (tertiary/aromatic N) is 1. The first kappa shape index (κ1) is 8.93. The highest BCUT2D eigenvalue weighted by Gasteiger charge is 2.12. The van der Waals surface area contributed by atoms with Gasteiger partial charge >= 0.3 is 0 Å². The smallest absolute Gasteiger partial charge is 0.263 e. The van der Waals surface area contributed by atoms with Gasteiger partial charge in [-0.15, -0.1) is 11.3 Å². The molecule has 0 unspecified atom stereocenters. The van der Waals surface area contributed by atoms with Crippen LogP contribution >= 0.6 is 11.3 Å². The van der Waals surface area contributed by atoms with E-state index >= 15 is 0 Å². The number of thiophene rings is 1. The summed E-state index contributed by atoms with van der Waals surface area (Å²) in [5.41, 5.74) is 1.69. The fraction of sp³-hybridized carbons (Fsp3) is 0.250. The molecule has 1 amide bonds. The second-order valence-electron chi connectivity index (χ2n) is 2.33. The Bertz CT molecular complexity index is 317. The van der Waals surface area contributed by atoms with Crippen molar-refractivity contribution in [2.45, 2.75) is 6.92 Å². The number of hydrogen-bond acceptors (Lipinski definition) is 3.